The molecule has 0 spiro atoms. The average molecular weight is 230 g/mol. The minimum Gasteiger partial charge on any atom is -0.0622 e. The van der Waals surface area contributed by atoms with Crippen LogP contribution < -0.4 is 0 Å². The summed E-state index contributed by atoms with van der Waals surface area (Å²) in [5.74, 6) is 3.38. The van der Waals surface area contributed by atoms with E-state index in [2.05, 4.69) is 52.8 Å². The van der Waals surface area contributed by atoms with E-state index in [9.17, 15) is 0 Å². The molecule has 0 heteroatoms. The van der Waals surface area contributed by atoms with Gasteiger partial charge < -0.3 is 0 Å². The van der Waals surface area contributed by atoms with E-state index in [4.69, 9.17) is 0 Å². The van der Waals surface area contributed by atoms with E-state index in [0.29, 0.717) is 0 Å². The van der Waals surface area contributed by atoms with Gasteiger partial charge in [-0.3, -0.25) is 0 Å². The zero-order valence-electron chi connectivity index (χ0n) is 12.0. The van der Waals surface area contributed by atoms with Gasteiger partial charge in [0.15, 0.2) is 0 Å². The quantitative estimate of drug-likeness (QED) is 0.630. The van der Waals surface area contributed by atoms with Crippen LogP contribution in [0.15, 0.2) is 18.2 Å². The fourth-order valence-electron chi connectivity index (χ4n) is 3.54. The largest absolute Gasteiger partial charge is 0.0622 e. The molecular weight excluding hydrogens is 204 g/mol. The minimum atomic E-state index is 0.778. The molecule has 0 aliphatic heterocycles. The van der Waals surface area contributed by atoms with Crippen LogP contribution in [0, 0.1) is 31.6 Å². The van der Waals surface area contributed by atoms with E-state index in [1.807, 2.05) is 0 Å². The fraction of sp³-hybridized carbons (Fsp3) is 0.647. The van der Waals surface area contributed by atoms with Crippen LogP contribution in [0.4, 0.5) is 0 Å². The van der Waals surface area contributed by atoms with Crippen molar-refractivity contribution in [2.75, 3.05) is 0 Å². The van der Waals surface area contributed by atoms with Crippen molar-refractivity contribution in [3.8, 4) is 0 Å². The summed E-state index contributed by atoms with van der Waals surface area (Å²) in [6, 6.07) is 7.08. The highest BCUT2D eigenvalue weighted by Gasteiger charge is 2.31. The molecule has 0 aromatic heterocycles. The predicted octanol–water partition coefficient (Wildman–Crippen LogP) is 5.09. The van der Waals surface area contributed by atoms with Gasteiger partial charge in [-0.15, -0.1) is 0 Å². The van der Waals surface area contributed by atoms with Crippen LogP contribution in [-0.2, 0) is 0 Å². The first-order valence-electron chi connectivity index (χ1n) is 7.05. The summed E-state index contributed by atoms with van der Waals surface area (Å²) < 4.78 is 0. The van der Waals surface area contributed by atoms with E-state index < -0.39 is 0 Å². The molecule has 94 valence electrons. The van der Waals surface area contributed by atoms with Crippen LogP contribution in [0.2, 0.25) is 0 Å². The van der Waals surface area contributed by atoms with Crippen LogP contribution >= 0.6 is 0 Å². The zero-order chi connectivity index (χ0) is 12.6. The first-order chi connectivity index (χ1) is 7.97. The summed E-state index contributed by atoms with van der Waals surface area (Å²) in [6.45, 7) is 11.7. The predicted molar refractivity (Wildman–Crippen MR) is 75.4 cm³/mol. The molecule has 0 nitrogen and oxygen atoms in total. The third-order valence-corrected chi connectivity index (χ3v) is 4.70. The van der Waals surface area contributed by atoms with Crippen molar-refractivity contribution < 1.29 is 0 Å². The third kappa shape index (κ3) is 2.73. The maximum atomic E-state index is 2.44. The molecule has 1 saturated carbocycles. The minimum absolute atomic E-state index is 0.778. The van der Waals surface area contributed by atoms with E-state index >= 15 is 0 Å². The van der Waals surface area contributed by atoms with Gasteiger partial charge >= 0.3 is 0 Å². The van der Waals surface area contributed by atoms with Crippen LogP contribution in [0.25, 0.3) is 0 Å². The second kappa shape index (κ2) is 4.84. The van der Waals surface area contributed by atoms with E-state index in [-0.39, 0.29) is 0 Å². The van der Waals surface area contributed by atoms with Crippen molar-refractivity contribution in [2.24, 2.45) is 17.8 Å². The smallest absolute Gasteiger partial charge is 0.0133 e. The Hall–Kier alpha value is -0.780. The summed E-state index contributed by atoms with van der Waals surface area (Å²) >= 11 is 0. The van der Waals surface area contributed by atoms with Gasteiger partial charge in [0.25, 0.3) is 0 Å². The van der Waals surface area contributed by atoms with Gasteiger partial charge in [-0.1, -0.05) is 50.1 Å². The molecule has 2 rings (SSSR count). The van der Waals surface area contributed by atoms with E-state index in [1.54, 1.807) is 5.56 Å². The van der Waals surface area contributed by atoms with E-state index in [0.717, 1.165) is 23.7 Å². The Bertz CT molecular complexity index is 371. The molecule has 0 radical (unpaired) electrons. The molecule has 1 aromatic rings. The average Bonchev–Trinajstić information content (AvgIpc) is 2.22. The Balaban J connectivity index is 2.26. The van der Waals surface area contributed by atoms with Crippen LogP contribution in [0.1, 0.15) is 56.2 Å². The molecule has 4 atom stereocenters. The number of hydrogen-bond donors (Lipinski definition) is 0. The zero-order valence-corrected chi connectivity index (χ0v) is 12.0. The van der Waals surface area contributed by atoms with Crippen molar-refractivity contribution in [1.29, 1.82) is 0 Å². The summed E-state index contributed by atoms with van der Waals surface area (Å²) in [7, 11) is 0. The molecule has 0 saturated heterocycles. The van der Waals surface area contributed by atoms with Crippen LogP contribution in [-0.4, -0.2) is 0 Å². The second-order valence-corrected chi connectivity index (χ2v) is 6.43. The second-order valence-electron chi connectivity index (χ2n) is 6.43. The Morgan fingerprint density at radius 2 is 1.29 bits per heavy atom. The maximum absolute atomic E-state index is 2.44. The molecule has 1 aromatic carbocycles. The molecule has 17 heavy (non-hydrogen) atoms. The monoisotopic (exact) mass is 230 g/mol. The van der Waals surface area contributed by atoms with Gasteiger partial charge in [0.05, 0.1) is 0 Å². The standard InChI is InChI=1S/C17H26/c1-11-6-12(2)8-16(7-11)17-10-14(4)13(3)9-15(17)5/h6-8,13-15,17H,9-10H2,1-5H3. The molecule has 0 N–H and O–H groups in total. The number of aryl methyl sites for hydroxylation is 2. The van der Waals surface area contributed by atoms with Crippen molar-refractivity contribution in [3.05, 3.63) is 34.9 Å². The lowest BCUT2D eigenvalue weighted by Crippen LogP contribution is -2.26. The Morgan fingerprint density at radius 1 is 0.765 bits per heavy atom. The summed E-state index contributed by atoms with van der Waals surface area (Å²) in [5, 5.41) is 0. The van der Waals surface area contributed by atoms with Crippen molar-refractivity contribution >= 4 is 0 Å². The third-order valence-electron chi connectivity index (χ3n) is 4.70. The summed E-state index contributed by atoms with van der Waals surface area (Å²) in [5.41, 5.74) is 4.41. The number of rotatable bonds is 1. The molecule has 0 amide bonds. The fourth-order valence-corrected chi connectivity index (χ4v) is 3.54. The van der Waals surface area contributed by atoms with Crippen molar-refractivity contribution in [1.82, 2.24) is 0 Å². The molecule has 1 fully saturated rings. The molecule has 1 aliphatic rings. The van der Waals surface area contributed by atoms with Gasteiger partial charge in [0.1, 0.15) is 0 Å². The first kappa shape index (κ1) is 12.7. The lowest BCUT2D eigenvalue weighted by atomic mass is 9.68. The molecule has 0 bridgehead atoms. The maximum Gasteiger partial charge on any atom is -0.0133 e. The Labute approximate surface area is 106 Å². The normalized spacial score (nSPS) is 33.7. The SMILES string of the molecule is Cc1cc(C)cc(C2CC(C)C(C)CC2C)c1. The number of benzene rings is 1. The van der Waals surface area contributed by atoms with Gasteiger partial charge in [-0.2, -0.15) is 0 Å². The summed E-state index contributed by atoms with van der Waals surface area (Å²) in [6.07, 6.45) is 2.75. The highest BCUT2D eigenvalue weighted by atomic mass is 14.4. The molecule has 0 heterocycles. The van der Waals surface area contributed by atoms with Crippen LogP contribution in [0.5, 0.6) is 0 Å². The van der Waals surface area contributed by atoms with Gasteiger partial charge in [-0.25, -0.2) is 0 Å². The van der Waals surface area contributed by atoms with Crippen LogP contribution in [0.3, 0.4) is 0 Å². The molecule has 1 aliphatic carbocycles. The molecule has 4 unspecified atom stereocenters. The topological polar surface area (TPSA) is 0 Å². The summed E-state index contributed by atoms with van der Waals surface area (Å²) in [4.78, 5) is 0. The Kier molecular flexibility index (Phi) is 3.61. The lowest BCUT2D eigenvalue weighted by molar-refractivity contribution is 0.190. The lowest BCUT2D eigenvalue weighted by Gasteiger charge is -2.37. The van der Waals surface area contributed by atoms with Crippen molar-refractivity contribution in [3.63, 3.8) is 0 Å². The van der Waals surface area contributed by atoms with Crippen molar-refractivity contribution in [2.45, 2.75) is 53.4 Å². The highest BCUT2D eigenvalue weighted by molar-refractivity contribution is 5.31. The highest BCUT2D eigenvalue weighted by Crippen LogP contribution is 2.43. The van der Waals surface area contributed by atoms with Gasteiger partial charge in [0, 0.05) is 0 Å². The molecular formula is C17H26. The first-order valence-corrected chi connectivity index (χ1v) is 7.05. The van der Waals surface area contributed by atoms with E-state index in [1.165, 1.54) is 24.0 Å². The van der Waals surface area contributed by atoms with Gasteiger partial charge in [0.2, 0.25) is 0 Å². The van der Waals surface area contributed by atoms with Gasteiger partial charge in [-0.05, 0) is 55.9 Å². The number of hydrogen-bond acceptors (Lipinski definition) is 0. The Morgan fingerprint density at radius 3 is 1.88 bits per heavy atom.